The van der Waals surface area contributed by atoms with Crippen molar-refractivity contribution in [3.8, 4) is 5.75 Å². The van der Waals surface area contributed by atoms with E-state index in [1.54, 1.807) is 29.1 Å². The van der Waals surface area contributed by atoms with E-state index in [9.17, 15) is 12.8 Å². The van der Waals surface area contributed by atoms with Gasteiger partial charge in [-0.25, -0.2) is 17.8 Å². The summed E-state index contributed by atoms with van der Waals surface area (Å²) in [4.78, 5) is 6.14. The molecule has 0 bridgehead atoms. The summed E-state index contributed by atoms with van der Waals surface area (Å²) in [5.74, 6) is 0.410. The standard InChI is InChI=1S/C24H25ClFN3O3S2/c1-29(2)22-5-3-4-19(16-6-8-17(26)9-7-16)20(22)13-32-23-11-10-18(12-21(23)25)34(30,31)28-24-14-33-15-27-24/h4,6-12,14-15,20,22,28H,3,5,13H2,1-2H3/t20?,22-/m1/s1. The predicted molar refractivity (Wildman–Crippen MR) is 134 cm³/mol. The van der Waals surface area contributed by atoms with Crippen molar-refractivity contribution >= 4 is 44.4 Å². The first kappa shape index (κ1) is 24.7. The number of hydrogen-bond donors (Lipinski definition) is 1. The molecule has 0 aliphatic heterocycles. The van der Waals surface area contributed by atoms with Crippen LogP contribution in [0.15, 0.2) is 64.3 Å². The minimum absolute atomic E-state index is 0.0218. The Morgan fingerprint density at radius 1 is 1.24 bits per heavy atom. The molecule has 1 aliphatic carbocycles. The number of sulfonamides is 1. The van der Waals surface area contributed by atoms with Gasteiger partial charge < -0.3 is 9.64 Å². The highest BCUT2D eigenvalue weighted by atomic mass is 35.5. The summed E-state index contributed by atoms with van der Waals surface area (Å²) in [6, 6.07) is 11.1. The van der Waals surface area contributed by atoms with Gasteiger partial charge in [0, 0.05) is 17.3 Å². The first-order valence-corrected chi connectivity index (χ1v) is 13.5. The van der Waals surface area contributed by atoms with Crippen LogP contribution in [-0.4, -0.2) is 45.0 Å². The molecule has 1 N–H and O–H groups in total. The van der Waals surface area contributed by atoms with Crippen LogP contribution in [0.25, 0.3) is 5.57 Å². The normalized spacial score (nSPS) is 18.6. The SMILES string of the molecule is CN(C)[C@@H]1CCC=C(c2ccc(F)cc2)C1COc1ccc(S(=O)(=O)Nc2cscn2)cc1Cl. The van der Waals surface area contributed by atoms with E-state index in [0.29, 0.717) is 12.4 Å². The van der Waals surface area contributed by atoms with Gasteiger partial charge in [-0.3, -0.25) is 4.72 Å². The quantitative estimate of drug-likeness (QED) is 0.421. The molecule has 1 aromatic heterocycles. The third kappa shape index (κ3) is 5.60. The fourth-order valence-electron chi connectivity index (χ4n) is 4.17. The summed E-state index contributed by atoms with van der Waals surface area (Å²) >= 11 is 7.70. The maximum atomic E-state index is 13.5. The van der Waals surface area contributed by atoms with Crippen LogP contribution in [0, 0.1) is 11.7 Å². The molecule has 4 rings (SSSR count). The lowest BCUT2D eigenvalue weighted by molar-refractivity contribution is 0.168. The van der Waals surface area contributed by atoms with Gasteiger partial charge in [0.1, 0.15) is 11.6 Å². The second-order valence-electron chi connectivity index (χ2n) is 8.26. The second kappa shape index (κ2) is 10.4. The van der Waals surface area contributed by atoms with E-state index in [1.165, 1.54) is 35.6 Å². The predicted octanol–water partition coefficient (Wildman–Crippen LogP) is 5.54. The summed E-state index contributed by atoms with van der Waals surface area (Å²) in [6.07, 6.45) is 4.08. The van der Waals surface area contributed by atoms with E-state index in [0.717, 1.165) is 24.0 Å². The molecule has 2 aromatic carbocycles. The van der Waals surface area contributed by atoms with Gasteiger partial charge in [-0.1, -0.05) is 29.8 Å². The van der Waals surface area contributed by atoms with E-state index in [-0.39, 0.29) is 33.5 Å². The number of nitrogens with zero attached hydrogens (tertiary/aromatic N) is 2. The van der Waals surface area contributed by atoms with E-state index >= 15 is 0 Å². The summed E-state index contributed by atoms with van der Waals surface area (Å²) < 4.78 is 47.3. The van der Waals surface area contributed by atoms with Crippen molar-refractivity contribution in [3.05, 3.63) is 75.8 Å². The van der Waals surface area contributed by atoms with Gasteiger partial charge in [0.15, 0.2) is 5.82 Å². The smallest absolute Gasteiger partial charge is 0.263 e. The van der Waals surface area contributed by atoms with Crippen LogP contribution < -0.4 is 9.46 Å². The average Bonchev–Trinajstić information content (AvgIpc) is 3.31. The van der Waals surface area contributed by atoms with Crippen molar-refractivity contribution in [2.45, 2.75) is 23.8 Å². The summed E-state index contributed by atoms with van der Waals surface area (Å²) in [5.41, 5.74) is 3.61. The Bertz CT molecular complexity index is 1260. The molecule has 180 valence electrons. The minimum Gasteiger partial charge on any atom is -0.491 e. The lowest BCUT2D eigenvalue weighted by Crippen LogP contribution is -2.40. The Hall–Kier alpha value is -2.46. The Balaban J connectivity index is 1.53. The number of hydrogen-bond acceptors (Lipinski definition) is 6. The first-order valence-electron chi connectivity index (χ1n) is 10.7. The van der Waals surface area contributed by atoms with Crippen LogP contribution in [0.5, 0.6) is 5.75 Å². The van der Waals surface area contributed by atoms with Crippen molar-refractivity contribution in [1.82, 2.24) is 9.88 Å². The van der Waals surface area contributed by atoms with E-state index in [4.69, 9.17) is 16.3 Å². The highest BCUT2D eigenvalue weighted by Gasteiger charge is 2.31. The molecular weight excluding hydrogens is 497 g/mol. The second-order valence-corrected chi connectivity index (χ2v) is 11.1. The minimum atomic E-state index is -3.82. The lowest BCUT2D eigenvalue weighted by atomic mass is 9.80. The van der Waals surface area contributed by atoms with Crippen molar-refractivity contribution in [3.63, 3.8) is 0 Å². The molecule has 10 heteroatoms. The molecule has 0 amide bonds. The topological polar surface area (TPSA) is 71.5 Å². The molecule has 1 aliphatic rings. The zero-order valence-electron chi connectivity index (χ0n) is 18.7. The lowest BCUT2D eigenvalue weighted by Gasteiger charge is -2.37. The van der Waals surface area contributed by atoms with Crippen LogP contribution in [0.1, 0.15) is 18.4 Å². The number of thiazole rings is 1. The van der Waals surface area contributed by atoms with Crippen molar-refractivity contribution in [2.24, 2.45) is 5.92 Å². The fourth-order valence-corrected chi connectivity index (χ4v) is 6.05. The monoisotopic (exact) mass is 521 g/mol. The van der Waals surface area contributed by atoms with Gasteiger partial charge >= 0.3 is 0 Å². The molecule has 1 unspecified atom stereocenters. The number of benzene rings is 2. The number of nitrogens with one attached hydrogen (secondary N) is 1. The van der Waals surface area contributed by atoms with E-state index in [2.05, 4.69) is 20.7 Å². The number of halogens is 2. The van der Waals surface area contributed by atoms with Gasteiger partial charge in [-0.15, -0.1) is 11.3 Å². The van der Waals surface area contributed by atoms with Gasteiger partial charge in [0.2, 0.25) is 0 Å². The third-order valence-electron chi connectivity index (χ3n) is 5.83. The zero-order valence-corrected chi connectivity index (χ0v) is 21.1. The van der Waals surface area contributed by atoms with Crippen molar-refractivity contribution in [1.29, 1.82) is 0 Å². The number of ether oxygens (including phenoxy) is 1. The molecule has 2 atom stereocenters. The number of aromatic nitrogens is 1. The van der Waals surface area contributed by atoms with E-state index < -0.39 is 10.0 Å². The number of rotatable bonds is 8. The molecule has 3 aromatic rings. The van der Waals surface area contributed by atoms with Crippen molar-refractivity contribution in [2.75, 3.05) is 25.4 Å². The molecular formula is C24H25ClFN3O3S2. The largest absolute Gasteiger partial charge is 0.491 e. The molecule has 0 radical (unpaired) electrons. The number of allylic oxidation sites excluding steroid dienone is 1. The molecule has 34 heavy (non-hydrogen) atoms. The van der Waals surface area contributed by atoms with Crippen LogP contribution in [-0.2, 0) is 10.0 Å². The third-order valence-corrected chi connectivity index (χ3v) is 8.07. The highest BCUT2D eigenvalue weighted by Crippen LogP contribution is 2.36. The highest BCUT2D eigenvalue weighted by molar-refractivity contribution is 7.92. The Morgan fingerprint density at radius 3 is 2.65 bits per heavy atom. The molecule has 0 saturated carbocycles. The van der Waals surface area contributed by atoms with Crippen LogP contribution >= 0.6 is 22.9 Å². The molecule has 0 spiro atoms. The molecule has 0 saturated heterocycles. The van der Waals surface area contributed by atoms with Gasteiger partial charge in [-0.05, 0) is 68.4 Å². The molecule has 6 nitrogen and oxygen atoms in total. The summed E-state index contributed by atoms with van der Waals surface area (Å²) in [7, 11) is 0.251. The maximum Gasteiger partial charge on any atom is 0.263 e. The van der Waals surface area contributed by atoms with Crippen LogP contribution in [0.3, 0.4) is 0 Å². The summed E-state index contributed by atoms with van der Waals surface area (Å²) in [5, 5.41) is 1.81. The van der Waals surface area contributed by atoms with Crippen LogP contribution in [0.4, 0.5) is 10.2 Å². The van der Waals surface area contributed by atoms with Crippen molar-refractivity contribution < 1.29 is 17.5 Å². The average molecular weight is 522 g/mol. The summed E-state index contributed by atoms with van der Waals surface area (Å²) in [6.45, 7) is 0.342. The van der Waals surface area contributed by atoms with Gasteiger partial charge in [-0.2, -0.15) is 0 Å². The molecule has 0 fully saturated rings. The Morgan fingerprint density at radius 2 is 2.00 bits per heavy atom. The molecule has 1 heterocycles. The fraction of sp³-hybridized carbons (Fsp3) is 0.292. The maximum absolute atomic E-state index is 13.5. The van der Waals surface area contributed by atoms with Gasteiger partial charge in [0.25, 0.3) is 10.0 Å². The van der Waals surface area contributed by atoms with Gasteiger partial charge in [0.05, 0.1) is 22.0 Å². The Kier molecular flexibility index (Phi) is 7.57. The van der Waals surface area contributed by atoms with Crippen LogP contribution in [0.2, 0.25) is 5.02 Å². The van der Waals surface area contributed by atoms with E-state index in [1.807, 2.05) is 14.1 Å². The Labute approximate surface area is 208 Å². The number of anilines is 1. The first-order chi connectivity index (χ1) is 16.2. The zero-order chi connectivity index (χ0) is 24.3.